The van der Waals surface area contributed by atoms with Crippen molar-refractivity contribution in [3.8, 4) is 0 Å². The lowest BCUT2D eigenvalue weighted by molar-refractivity contribution is -0.225. The third-order valence-corrected chi connectivity index (χ3v) is 14.3. The van der Waals surface area contributed by atoms with E-state index in [-0.39, 0.29) is 64.4 Å². The highest BCUT2D eigenvalue weighted by atomic mass is 16.7. The molecule has 232 valence electrons. The number of fused-ring (bicyclic) bond motifs is 7. The van der Waals surface area contributed by atoms with Gasteiger partial charge in [-0.15, -0.1) is 0 Å². The zero-order valence-corrected chi connectivity index (χ0v) is 27.1. The Morgan fingerprint density at radius 2 is 1.63 bits per heavy atom. The van der Waals surface area contributed by atoms with Crippen LogP contribution in [-0.4, -0.2) is 43.7 Å². The van der Waals surface area contributed by atoms with Crippen LogP contribution in [0.5, 0.6) is 0 Å². The van der Waals surface area contributed by atoms with Crippen molar-refractivity contribution in [3.05, 3.63) is 11.6 Å². The first-order valence-corrected chi connectivity index (χ1v) is 16.3. The fourth-order valence-corrected chi connectivity index (χ4v) is 11.4. The van der Waals surface area contributed by atoms with Gasteiger partial charge in [0.25, 0.3) is 0 Å². The molecular weight excluding hydrogens is 516 g/mol. The summed E-state index contributed by atoms with van der Waals surface area (Å²) >= 11 is 0. The predicted molar refractivity (Wildman–Crippen MR) is 159 cm³/mol. The summed E-state index contributed by atoms with van der Waals surface area (Å²) in [6.07, 6.45) is 14.0. The number of carbonyl (C=O) groups is 2. The highest BCUT2D eigenvalue weighted by Gasteiger charge is 2.68. The van der Waals surface area contributed by atoms with Crippen LogP contribution in [-0.2, 0) is 23.8 Å². The molecule has 5 aliphatic carbocycles. The maximum Gasteiger partial charge on any atom is 0.311 e. The van der Waals surface area contributed by atoms with E-state index in [0.29, 0.717) is 17.8 Å². The van der Waals surface area contributed by atoms with E-state index in [1.807, 2.05) is 0 Å². The summed E-state index contributed by atoms with van der Waals surface area (Å²) in [5.74, 6) is 0.758. The minimum atomic E-state index is -0.842. The standard InChI is InChI=1S/C35H56O6/c1-30(2)25-11-15-35(7)26(33(25,5)14-12-27(30)41-22-40-20-13-28(36)37)10-9-23-24-21-32(4,29(38)39-8)17-16-31(24,3)18-19-34(23,35)6/h9,24-27H,10-22H2,1-8H3,(H,36,37)/t24-,25?,26+,27-,31+,32?,33-,34+,35+/m0/s1. The summed E-state index contributed by atoms with van der Waals surface area (Å²) in [4.78, 5) is 23.7. The van der Waals surface area contributed by atoms with E-state index < -0.39 is 5.97 Å². The van der Waals surface area contributed by atoms with E-state index in [2.05, 4.69) is 54.5 Å². The van der Waals surface area contributed by atoms with Gasteiger partial charge in [-0.05, 0) is 116 Å². The molecule has 0 spiro atoms. The molecule has 5 rings (SSSR count). The molecule has 4 saturated carbocycles. The molecule has 0 amide bonds. The van der Waals surface area contributed by atoms with Gasteiger partial charge < -0.3 is 19.3 Å². The molecule has 41 heavy (non-hydrogen) atoms. The first-order chi connectivity index (χ1) is 19.1. The molecule has 0 aromatic heterocycles. The van der Waals surface area contributed by atoms with Crippen LogP contribution in [0.1, 0.15) is 119 Å². The van der Waals surface area contributed by atoms with Crippen LogP contribution >= 0.6 is 0 Å². The highest BCUT2D eigenvalue weighted by Crippen LogP contribution is 2.75. The summed E-state index contributed by atoms with van der Waals surface area (Å²) in [7, 11) is 1.55. The predicted octanol–water partition coefficient (Wildman–Crippen LogP) is 7.80. The maximum absolute atomic E-state index is 12.9. The number of hydrogen-bond acceptors (Lipinski definition) is 5. The second-order valence-corrected chi connectivity index (χ2v) is 16.4. The molecule has 0 radical (unpaired) electrons. The number of aliphatic carboxylic acids is 1. The fraction of sp³-hybridized carbons (Fsp3) is 0.886. The van der Waals surface area contributed by atoms with E-state index in [1.54, 1.807) is 12.7 Å². The van der Waals surface area contributed by atoms with Crippen LogP contribution in [0.3, 0.4) is 0 Å². The molecule has 2 unspecified atom stereocenters. The summed E-state index contributed by atoms with van der Waals surface area (Å²) in [5.41, 5.74) is 2.18. The van der Waals surface area contributed by atoms with Gasteiger partial charge >= 0.3 is 11.9 Å². The summed E-state index contributed by atoms with van der Waals surface area (Å²) in [6.45, 7) is 17.6. The molecule has 5 aliphatic rings. The van der Waals surface area contributed by atoms with Gasteiger partial charge in [-0.1, -0.05) is 53.2 Å². The summed E-state index contributed by atoms with van der Waals surface area (Å²) in [6, 6.07) is 0. The van der Waals surface area contributed by atoms with Crippen LogP contribution in [0.25, 0.3) is 0 Å². The quantitative estimate of drug-likeness (QED) is 0.145. The SMILES string of the molecule is COC(=O)C1(C)CC[C@]2(C)CC[C@]3(C)C(=CC[C@@H]4[C@@]5(C)CC[C@H](OCOCCC(=O)O)C(C)(C)C5CC[C@]43C)[C@@H]2C1. The highest BCUT2D eigenvalue weighted by molar-refractivity contribution is 5.76. The van der Waals surface area contributed by atoms with Crippen LogP contribution in [0.15, 0.2) is 11.6 Å². The van der Waals surface area contributed by atoms with Crippen LogP contribution < -0.4 is 0 Å². The maximum atomic E-state index is 12.9. The van der Waals surface area contributed by atoms with Crippen molar-refractivity contribution in [2.75, 3.05) is 20.5 Å². The number of rotatable bonds is 7. The number of carboxylic acids is 1. The van der Waals surface area contributed by atoms with Crippen molar-refractivity contribution in [2.45, 2.75) is 125 Å². The lowest BCUT2D eigenvalue weighted by Gasteiger charge is -2.71. The van der Waals surface area contributed by atoms with Crippen LogP contribution in [0.2, 0.25) is 0 Å². The monoisotopic (exact) mass is 572 g/mol. The van der Waals surface area contributed by atoms with Gasteiger partial charge in [0, 0.05) is 0 Å². The lowest BCUT2D eigenvalue weighted by Crippen LogP contribution is -2.64. The van der Waals surface area contributed by atoms with Gasteiger partial charge in [-0.25, -0.2) is 0 Å². The Morgan fingerprint density at radius 1 is 0.927 bits per heavy atom. The largest absolute Gasteiger partial charge is 0.481 e. The molecule has 6 heteroatoms. The zero-order valence-electron chi connectivity index (χ0n) is 27.1. The van der Waals surface area contributed by atoms with Gasteiger partial charge in [0.15, 0.2) is 0 Å². The Bertz CT molecular complexity index is 1080. The minimum absolute atomic E-state index is 0.00852. The van der Waals surface area contributed by atoms with Gasteiger partial charge in [0.2, 0.25) is 0 Å². The fourth-order valence-electron chi connectivity index (χ4n) is 11.4. The van der Waals surface area contributed by atoms with E-state index in [1.165, 1.54) is 25.7 Å². The number of ether oxygens (including phenoxy) is 3. The van der Waals surface area contributed by atoms with Gasteiger partial charge in [0.1, 0.15) is 6.79 Å². The third kappa shape index (κ3) is 4.64. The van der Waals surface area contributed by atoms with E-state index in [0.717, 1.165) is 38.5 Å². The second kappa shape index (κ2) is 10.4. The molecule has 0 aliphatic heterocycles. The molecule has 0 heterocycles. The summed E-state index contributed by atoms with van der Waals surface area (Å²) < 4.78 is 17.1. The Kier molecular flexibility index (Phi) is 7.84. The number of esters is 1. The van der Waals surface area contributed by atoms with Gasteiger partial charge in [0.05, 0.1) is 31.7 Å². The smallest absolute Gasteiger partial charge is 0.311 e. The average molecular weight is 573 g/mol. The Balaban J connectivity index is 1.40. The summed E-state index contributed by atoms with van der Waals surface area (Å²) in [5, 5.41) is 8.89. The van der Waals surface area contributed by atoms with Crippen molar-refractivity contribution in [1.82, 2.24) is 0 Å². The van der Waals surface area contributed by atoms with Gasteiger partial charge in [-0.3, -0.25) is 9.59 Å². The van der Waals surface area contributed by atoms with Gasteiger partial charge in [-0.2, -0.15) is 0 Å². The molecule has 0 bridgehead atoms. The molecule has 0 saturated heterocycles. The number of methoxy groups -OCH3 is 1. The second-order valence-electron chi connectivity index (χ2n) is 16.4. The molecule has 4 fully saturated rings. The van der Waals surface area contributed by atoms with Crippen LogP contribution in [0, 0.1) is 50.2 Å². The van der Waals surface area contributed by atoms with Crippen LogP contribution in [0.4, 0.5) is 0 Å². The normalized spacial score (nSPS) is 46.7. The van der Waals surface area contributed by atoms with Crippen molar-refractivity contribution < 1.29 is 28.9 Å². The van der Waals surface area contributed by atoms with Crippen molar-refractivity contribution in [1.29, 1.82) is 0 Å². The Morgan fingerprint density at radius 3 is 2.32 bits per heavy atom. The topological polar surface area (TPSA) is 82.1 Å². The third-order valence-electron chi connectivity index (χ3n) is 14.3. The molecule has 0 aromatic rings. The first kappa shape index (κ1) is 31.0. The molecular formula is C35H56O6. The van der Waals surface area contributed by atoms with Crippen molar-refractivity contribution in [2.24, 2.45) is 50.2 Å². The zero-order chi connectivity index (χ0) is 30.1. The average Bonchev–Trinajstić information content (AvgIpc) is 2.90. The number of allylic oxidation sites excluding steroid dienone is 2. The van der Waals surface area contributed by atoms with E-state index in [4.69, 9.17) is 19.3 Å². The number of carbonyl (C=O) groups excluding carboxylic acids is 1. The number of carboxylic acid groups (broad SMARTS) is 1. The molecule has 6 nitrogen and oxygen atoms in total. The van der Waals surface area contributed by atoms with E-state index in [9.17, 15) is 9.59 Å². The van der Waals surface area contributed by atoms with Crippen molar-refractivity contribution >= 4 is 11.9 Å². The minimum Gasteiger partial charge on any atom is -0.481 e. The molecule has 9 atom stereocenters. The van der Waals surface area contributed by atoms with Crippen molar-refractivity contribution in [3.63, 3.8) is 0 Å². The lowest BCUT2D eigenvalue weighted by atomic mass is 9.33. The number of hydrogen-bond donors (Lipinski definition) is 1. The van der Waals surface area contributed by atoms with E-state index >= 15 is 0 Å². The molecule has 1 N–H and O–H groups in total. The Hall–Kier alpha value is -1.40. The Labute approximate surface area is 248 Å². The molecule has 0 aromatic carbocycles. The first-order valence-electron chi connectivity index (χ1n) is 16.3.